The number of nitrogens with two attached hydrogens (primary N) is 1. The van der Waals surface area contributed by atoms with Crippen molar-refractivity contribution in [1.29, 1.82) is 0 Å². The fourth-order valence-electron chi connectivity index (χ4n) is 5.74. The second-order valence-electron chi connectivity index (χ2n) is 12.8. The van der Waals surface area contributed by atoms with Crippen LogP contribution in [0.5, 0.6) is 5.75 Å². The van der Waals surface area contributed by atoms with Crippen molar-refractivity contribution >= 4 is 11.8 Å². The summed E-state index contributed by atoms with van der Waals surface area (Å²) in [6.45, 7) is 10.6. The Bertz CT molecular complexity index is 1440. The van der Waals surface area contributed by atoms with Crippen molar-refractivity contribution in [2.45, 2.75) is 5.92 Å². The van der Waals surface area contributed by atoms with Crippen LogP contribution in [0.3, 0.4) is 0 Å². The van der Waals surface area contributed by atoms with Crippen LogP contribution >= 0.6 is 0 Å². The van der Waals surface area contributed by atoms with Crippen LogP contribution in [0.25, 0.3) is 11.1 Å². The fraction of sp³-hybridized carbons (Fsp3) is 0.558. The maximum atomic E-state index is 12.3. The van der Waals surface area contributed by atoms with Gasteiger partial charge >= 0.3 is 6.09 Å². The maximum Gasteiger partial charge on any atom is 0.407 e. The molecule has 0 aromatic heterocycles. The summed E-state index contributed by atoms with van der Waals surface area (Å²) < 4.78 is 66.1. The predicted octanol–water partition coefficient (Wildman–Crippen LogP) is 4.35. The molecule has 0 saturated carbocycles. The first-order valence-electron chi connectivity index (χ1n) is 20.1. The number of rotatable bonds is 36. The topological polar surface area (TPSA) is 166 Å². The van der Waals surface area contributed by atoms with Gasteiger partial charge in [-0.3, -0.25) is 0 Å². The first-order chi connectivity index (χ1) is 28.7. The number of amides is 1. The number of benzene rings is 3. The lowest BCUT2D eigenvalue weighted by Crippen LogP contribution is -2.29. The molecule has 0 aliphatic heterocycles. The Kier molecular flexibility index (Phi) is 25.1. The molecule has 322 valence electrons. The number of carbonyl (C=O) groups excluding carboxylic acids is 1. The lowest BCUT2D eigenvalue weighted by molar-refractivity contribution is -0.0266. The van der Waals surface area contributed by atoms with E-state index in [4.69, 9.17) is 62.6 Å². The highest BCUT2D eigenvalue weighted by Crippen LogP contribution is 2.44. The molecular formula is C43H62N2O13. The number of anilines is 1. The molecule has 0 radical (unpaired) electrons. The lowest BCUT2D eigenvalue weighted by atomic mass is 9.98. The number of fused-ring (bicyclic) bond motifs is 3. The third kappa shape index (κ3) is 20.2. The Hall–Kier alpha value is -3.87. The van der Waals surface area contributed by atoms with E-state index in [0.29, 0.717) is 151 Å². The van der Waals surface area contributed by atoms with Crippen LogP contribution < -0.4 is 15.8 Å². The van der Waals surface area contributed by atoms with E-state index in [9.17, 15) is 4.79 Å². The summed E-state index contributed by atoms with van der Waals surface area (Å²) in [6, 6.07) is 23.8. The third-order valence-corrected chi connectivity index (χ3v) is 8.58. The van der Waals surface area contributed by atoms with Crippen LogP contribution in [0.4, 0.5) is 10.5 Å². The van der Waals surface area contributed by atoms with Crippen molar-refractivity contribution in [2.75, 3.05) is 158 Å². The van der Waals surface area contributed by atoms with Crippen molar-refractivity contribution in [3.05, 3.63) is 83.9 Å². The molecule has 0 unspecified atom stereocenters. The van der Waals surface area contributed by atoms with Crippen LogP contribution in [0.15, 0.2) is 72.8 Å². The Balaban J connectivity index is 0.776. The number of ether oxygens (including phenoxy) is 12. The van der Waals surface area contributed by atoms with Crippen LogP contribution in [-0.2, 0) is 52.1 Å². The lowest BCUT2D eigenvalue weighted by Gasteiger charge is -2.14. The van der Waals surface area contributed by atoms with Gasteiger partial charge in [-0.05, 0) is 46.5 Å². The summed E-state index contributed by atoms with van der Waals surface area (Å²) in [5.41, 5.74) is 11.1. The normalized spacial score (nSPS) is 12.1. The molecular weight excluding hydrogens is 752 g/mol. The molecule has 4 rings (SSSR count). The van der Waals surface area contributed by atoms with Gasteiger partial charge in [0.1, 0.15) is 19.0 Å². The van der Waals surface area contributed by atoms with E-state index in [1.165, 1.54) is 22.3 Å². The summed E-state index contributed by atoms with van der Waals surface area (Å²) in [5.74, 6) is 0.802. The Morgan fingerprint density at radius 1 is 0.448 bits per heavy atom. The molecule has 0 saturated heterocycles. The van der Waals surface area contributed by atoms with E-state index < -0.39 is 6.09 Å². The summed E-state index contributed by atoms with van der Waals surface area (Å²) >= 11 is 0. The summed E-state index contributed by atoms with van der Waals surface area (Å²) in [5, 5.41) is 2.74. The highest BCUT2D eigenvalue weighted by molar-refractivity contribution is 5.79. The molecule has 3 aromatic rings. The van der Waals surface area contributed by atoms with Crippen molar-refractivity contribution < 1.29 is 61.6 Å². The van der Waals surface area contributed by atoms with Gasteiger partial charge in [0, 0.05) is 18.2 Å². The van der Waals surface area contributed by atoms with Gasteiger partial charge in [-0.1, -0.05) is 48.5 Å². The molecule has 3 N–H and O–H groups in total. The SMILES string of the molecule is Nc1ccc(OCCOCCOCCOCCOCCOCCOCCOCCOCCOCCOCCNC(=O)OCC2c3ccccc3-c3ccccc32)cc1. The van der Waals surface area contributed by atoms with Crippen molar-refractivity contribution in [1.82, 2.24) is 5.32 Å². The largest absolute Gasteiger partial charge is 0.491 e. The molecule has 1 aliphatic rings. The Morgan fingerprint density at radius 2 is 0.793 bits per heavy atom. The van der Waals surface area contributed by atoms with Gasteiger partial charge in [0.15, 0.2) is 0 Å². The molecule has 15 heteroatoms. The summed E-state index contributed by atoms with van der Waals surface area (Å²) in [6.07, 6.45) is -0.454. The number of nitrogens with one attached hydrogen (secondary N) is 1. The smallest absolute Gasteiger partial charge is 0.407 e. The minimum atomic E-state index is -0.454. The van der Waals surface area contributed by atoms with E-state index in [1.807, 2.05) is 36.4 Å². The third-order valence-electron chi connectivity index (χ3n) is 8.58. The number of hydrogen-bond acceptors (Lipinski definition) is 14. The molecule has 0 fully saturated rings. The average Bonchev–Trinajstić information content (AvgIpc) is 3.57. The molecule has 3 aromatic carbocycles. The Labute approximate surface area is 342 Å². The van der Waals surface area contributed by atoms with E-state index in [1.54, 1.807) is 12.1 Å². The molecule has 0 bridgehead atoms. The second-order valence-corrected chi connectivity index (χ2v) is 12.8. The van der Waals surface area contributed by atoms with E-state index in [0.717, 1.165) is 5.75 Å². The van der Waals surface area contributed by atoms with Gasteiger partial charge in [0.2, 0.25) is 0 Å². The number of alkyl carbamates (subject to hydrolysis) is 1. The predicted molar refractivity (Wildman–Crippen MR) is 218 cm³/mol. The molecule has 1 amide bonds. The molecule has 58 heavy (non-hydrogen) atoms. The molecule has 0 spiro atoms. The number of hydrogen-bond donors (Lipinski definition) is 2. The second kappa shape index (κ2) is 31.1. The van der Waals surface area contributed by atoms with Gasteiger partial charge in [0.25, 0.3) is 0 Å². The van der Waals surface area contributed by atoms with Crippen molar-refractivity contribution in [3.63, 3.8) is 0 Å². The van der Waals surface area contributed by atoms with Gasteiger partial charge in [0.05, 0.1) is 132 Å². The number of carbonyl (C=O) groups is 1. The highest BCUT2D eigenvalue weighted by Gasteiger charge is 2.28. The van der Waals surface area contributed by atoms with E-state index >= 15 is 0 Å². The average molecular weight is 815 g/mol. The zero-order valence-electron chi connectivity index (χ0n) is 33.7. The summed E-state index contributed by atoms with van der Waals surface area (Å²) in [7, 11) is 0. The highest BCUT2D eigenvalue weighted by atomic mass is 16.6. The molecule has 0 heterocycles. The van der Waals surface area contributed by atoms with Gasteiger partial charge in [-0.15, -0.1) is 0 Å². The minimum absolute atomic E-state index is 0.0345. The van der Waals surface area contributed by atoms with E-state index in [-0.39, 0.29) is 12.5 Å². The van der Waals surface area contributed by atoms with Gasteiger partial charge in [-0.25, -0.2) is 4.79 Å². The monoisotopic (exact) mass is 814 g/mol. The van der Waals surface area contributed by atoms with E-state index in [2.05, 4.69) is 29.6 Å². The van der Waals surface area contributed by atoms with Crippen LogP contribution in [-0.4, -0.2) is 158 Å². The van der Waals surface area contributed by atoms with Crippen molar-refractivity contribution in [3.8, 4) is 16.9 Å². The number of nitrogen functional groups attached to an aromatic ring is 1. The van der Waals surface area contributed by atoms with Gasteiger partial charge in [-0.2, -0.15) is 0 Å². The minimum Gasteiger partial charge on any atom is -0.491 e. The summed E-state index contributed by atoms with van der Waals surface area (Å²) in [4.78, 5) is 12.3. The van der Waals surface area contributed by atoms with Crippen LogP contribution in [0, 0.1) is 0 Å². The zero-order chi connectivity index (χ0) is 40.6. The van der Waals surface area contributed by atoms with Crippen LogP contribution in [0.1, 0.15) is 17.0 Å². The zero-order valence-corrected chi connectivity index (χ0v) is 33.7. The molecule has 0 atom stereocenters. The van der Waals surface area contributed by atoms with Crippen LogP contribution in [0.2, 0.25) is 0 Å². The standard InChI is InChI=1S/C43H62N2O13/c44-36-9-11-37(12-10-36)57-34-33-56-32-31-55-30-29-54-28-27-53-26-25-52-24-23-51-22-21-50-20-19-49-18-17-48-16-15-47-14-13-45-43(46)58-35-42-40-7-3-1-5-38(40)39-6-2-4-8-41(39)42/h1-12,42H,13-35,44H2,(H,45,46). The molecule has 1 aliphatic carbocycles. The maximum absolute atomic E-state index is 12.3. The Morgan fingerprint density at radius 3 is 1.19 bits per heavy atom. The molecule has 15 nitrogen and oxygen atoms in total. The first kappa shape index (κ1) is 46.8. The fourth-order valence-corrected chi connectivity index (χ4v) is 5.74. The van der Waals surface area contributed by atoms with Gasteiger partial charge < -0.3 is 67.9 Å². The van der Waals surface area contributed by atoms with Crippen molar-refractivity contribution in [2.24, 2.45) is 0 Å². The quantitative estimate of drug-likeness (QED) is 0.0629. The first-order valence-corrected chi connectivity index (χ1v) is 20.1.